The molecular formula is C24H26F2N2O2S. The molecule has 4 nitrogen and oxygen atoms in total. The van der Waals surface area contributed by atoms with Crippen LogP contribution in [0.15, 0.2) is 30.0 Å². The van der Waals surface area contributed by atoms with E-state index in [9.17, 15) is 13.6 Å². The fraction of sp³-hybridized carbons (Fsp3) is 0.333. The van der Waals surface area contributed by atoms with E-state index in [0.717, 1.165) is 30.6 Å². The third-order valence-electron chi connectivity index (χ3n) is 4.62. The van der Waals surface area contributed by atoms with Crippen molar-refractivity contribution < 1.29 is 18.7 Å². The zero-order valence-corrected chi connectivity index (χ0v) is 18.5. The Bertz CT molecular complexity index is 974. The average Bonchev–Trinajstić information content (AvgIpc) is 3.18. The van der Waals surface area contributed by atoms with Gasteiger partial charge in [-0.2, -0.15) is 0 Å². The Balaban J connectivity index is 2.23. The quantitative estimate of drug-likeness (QED) is 0.301. The third kappa shape index (κ3) is 7.04. The lowest BCUT2D eigenvalue weighted by Gasteiger charge is -2.25. The van der Waals surface area contributed by atoms with Crippen LogP contribution in [0.1, 0.15) is 54.8 Å². The number of unbranched alkanes of at least 4 members (excludes halogenated alkanes) is 2. The third-order valence-corrected chi connectivity index (χ3v) is 5.62. The summed E-state index contributed by atoms with van der Waals surface area (Å²) in [6.07, 6.45) is 8.27. The number of halogens is 2. The molecule has 164 valence electrons. The smallest absolute Gasteiger partial charge is 0.333 e. The van der Waals surface area contributed by atoms with E-state index >= 15 is 0 Å². The van der Waals surface area contributed by atoms with Crippen molar-refractivity contribution >= 4 is 41.2 Å². The van der Waals surface area contributed by atoms with Crippen molar-refractivity contribution in [1.82, 2.24) is 0 Å². The highest BCUT2D eigenvalue weighted by molar-refractivity contribution is 7.13. The van der Waals surface area contributed by atoms with Crippen molar-refractivity contribution in [3.63, 3.8) is 0 Å². The first-order valence-electron chi connectivity index (χ1n) is 10.2. The zero-order valence-electron chi connectivity index (χ0n) is 17.7. The Hall–Kier alpha value is -2.98. The van der Waals surface area contributed by atoms with Gasteiger partial charge in [0, 0.05) is 22.8 Å². The molecule has 1 N–H and O–H groups in total. The molecule has 0 aliphatic carbocycles. The van der Waals surface area contributed by atoms with E-state index < -0.39 is 17.6 Å². The van der Waals surface area contributed by atoms with Crippen molar-refractivity contribution in [1.29, 1.82) is 0 Å². The molecule has 0 aliphatic rings. The van der Waals surface area contributed by atoms with Crippen molar-refractivity contribution in [3.05, 3.63) is 68.3 Å². The van der Waals surface area contributed by atoms with E-state index in [0.29, 0.717) is 23.5 Å². The second kappa shape index (κ2) is 12.0. The molecule has 2 rings (SSSR count). The number of hydrogen-bond donors (Lipinski definition) is 1. The highest BCUT2D eigenvalue weighted by atomic mass is 32.1. The number of hydrogen-bond acceptors (Lipinski definition) is 3. The first-order chi connectivity index (χ1) is 14.9. The van der Waals surface area contributed by atoms with Crippen LogP contribution in [0.4, 0.5) is 14.5 Å². The van der Waals surface area contributed by atoms with Gasteiger partial charge in [0.1, 0.15) is 17.3 Å². The minimum absolute atomic E-state index is 0.0305. The van der Waals surface area contributed by atoms with Crippen LogP contribution in [-0.2, 0) is 4.79 Å². The summed E-state index contributed by atoms with van der Waals surface area (Å²) in [6.45, 7) is 12.2. The lowest BCUT2D eigenvalue weighted by molar-refractivity contribution is -0.132. The van der Waals surface area contributed by atoms with Crippen LogP contribution in [0.3, 0.4) is 0 Å². The molecule has 0 saturated heterocycles. The summed E-state index contributed by atoms with van der Waals surface area (Å²) in [5.74, 6) is -2.44. The summed E-state index contributed by atoms with van der Waals surface area (Å²) in [7, 11) is 0. The second-order valence-corrected chi connectivity index (χ2v) is 8.19. The molecule has 0 amide bonds. The molecule has 0 unspecified atom stereocenters. The molecule has 1 aromatic carbocycles. The largest absolute Gasteiger partial charge is 0.486 e. The van der Waals surface area contributed by atoms with E-state index in [2.05, 4.69) is 18.7 Å². The Morgan fingerprint density at radius 1 is 1.10 bits per heavy atom. The van der Waals surface area contributed by atoms with E-state index in [-0.39, 0.29) is 11.4 Å². The number of rotatable bonds is 11. The number of aliphatic carboxylic acids is 1. The lowest BCUT2D eigenvalue weighted by atomic mass is 10.1. The first kappa shape index (κ1) is 24.3. The molecular weight excluding hydrogens is 418 g/mol. The van der Waals surface area contributed by atoms with Gasteiger partial charge in [-0.05, 0) is 54.8 Å². The second-order valence-electron chi connectivity index (χ2n) is 7.05. The minimum atomic E-state index is -1.28. The Morgan fingerprint density at radius 3 is 2.19 bits per heavy atom. The van der Waals surface area contributed by atoms with Crippen molar-refractivity contribution in [3.8, 4) is 0 Å². The number of carboxylic acid groups (broad SMARTS) is 1. The Kier molecular flexibility index (Phi) is 9.41. The molecule has 0 aliphatic heterocycles. The maximum atomic E-state index is 14.8. The number of thiophene rings is 1. The molecule has 0 fully saturated rings. The lowest BCUT2D eigenvalue weighted by Crippen LogP contribution is -2.27. The van der Waals surface area contributed by atoms with Gasteiger partial charge in [-0.15, -0.1) is 11.3 Å². The molecule has 0 saturated carbocycles. The predicted octanol–water partition coefficient (Wildman–Crippen LogP) is 6.95. The van der Waals surface area contributed by atoms with Crippen LogP contribution < -0.4 is 4.90 Å². The molecule has 1 heterocycles. The monoisotopic (exact) mass is 444 g/mol. The number of carbonyl (C=O) groups is 1. The average molecular weight is 445 g/mol. The van der Waals surface area contributed by atoms with Crippen LogP contribution in [0.5, 0.6) is 0 Å². The van der Waals surface area contributed by atoms with E-state index in [1.807, 2.05) is 0 Å². The molecule has 31 heavy (non-hydrogen) atoms. The van der Waals surface area contributed by atoms with Gasteiger partial charge in [0.05, 0.1) is 6.57 Å². The predicted molar refractivity (Wildman–Crippen MR) is 124 cm³/mol. The molecule has 7 heteroatoms. The van der Waals surface area contributed by atoms with Gasteiger partial charge in [0.2, 0.25) is 0 Å². The number of nitrogens with zero attached hydrogens (tertiary/aromatic N) is 2. The number of carboxylic acids is 1. The van der Waals surface area contributed by atoms with Gasteiger partial charge >= 0.3 is 5.97 Å². The molecule has 0 spiro atoms. The van der Waals surface area contributed by atoms with Crippen molar-refractivity contribution in [2.75, 3.05) is 18.0 Å². The zero-order chi connectivity index (χ0) is 22.8. The maximum absolute atomic E-state index is 14.8. The van der Waals surface area contributed by atoms with Gasteiger partial charge in [-0.1, -0.05) is 32.8 Å². The van der Waals surface area contributed by atoms with E-state index in [1.54, 1.807) is 29.2 Å². The van der Waals surface area contributed by atoms with Crippen LogP contribution in [0.25, 0.3) is 23.1 Å². The minimum Gasteiger partial charge on any atom is -0.486 e. The van der Waals surface area contributed by atoms with Crippen LogP contribution >= 0.6 is 11.3 Å². The van der Waals surface area contributed by atoms with E-state index in [1.165, 1.54) is 29.5 Å². The summed E-state index contributed by atoms with van der Waals surface area (Å²) >= 11 is 1.28. The molecule has 0 atom stereocenters. The van der Waals surface area contributed by atoms with E-state index in [4.69, 9.17) is 11.7 Å². The Labute approximate surface area is 186 Å². The molecule has 0 radical (unpaired) electrons. The summed E-state index contributed by atoms with van der Waals surface area (Å²) in [6, 6.07) is 6.11. The summed E-state index contributed by atoms with van der Waals surface area (Å²) in [5, 5.41) is 8.94. The SMILES string of the molecule is [C-]#[N+]/C(=C\c1ccc(/C=C/c2cc(F)c(N(CCCC)CCCC)c(F)c2)s1)C(=O)O. The van der Waals surface area contributed by atoms with Gasteiger partial charge in [0.25, 0.3) is 5.70 Å². The normalized spacial score (nSPS) is 11.6. The standard InChI is InChI=1S/C24H26F2N2O2S/c1-4-6-12-28(13-7-5-2)23-20(25)14-17(15-21(23)26)8-9-18-10-11-19(31-18)16-22(27-3)24(29)30/h8-11,14-16H,4-7,12-13H2,1-2H3,(H,29,30)/b9-8+,22-16-. The van der Waals surface area contributed by atoms with Gasteiger partial charge < -0.3 is 10.0 Å². The van der Waals surface area contributed by atoms with Crippen molar-refractivity contribution in [2.24, 2.45) is 0 Å². The van der Waals surface area contributed by atoms with Gasteiger partial charge in [-0.3, -0.25) is 4.79 Å². The van der Waals surface area contributed by atoms with Gasteiger partial charge in [-0.25, -0.2) is 13.6 Å². The maximum Gasteiger partial charge on any atom is 0.333 e. The van der Waals surface area contributed by atoms with Gasteiger partial charge in [0.15, 0.2) is 0 Å². The van der Waals surface area contributed by atoms with Crippen LogP contribution in [0.2, 0.25) is 0 Å². The summed E-state index contributed by atoms with van der Waals surface area (Å²) in [4.78, 5) is 17.1. The first-order valence-corrected chi connectivity index (χ1v) is 11.1. The topological polar surface area (TPSA) is 44.9 Å². The highest BCUT2D eigenvalue weighted by Crippen LogP contribution is 2.28. The van der Waals surface area contributed by atoms with Crippen LogP contribution in [-0.4, -0.2) is 24.2 Å². The fourth-order valence-corrected chi connectivity index (χ4v) is 3.86. The van der Waals surface area contributed by atoms with Crippen LogP contribution in [0, 0.1) is 18.2 Å². The highest BCUT2D eigenvalue weighted by Gasteiger charge is 2.17. The summed E-state index contributed by atoms with van der Waals surface area (Å²) < 4.78 is 29.6. The Morgan fingerprint density at radius 2 is 1.68 bits per heavy atom. The molecule has 1 aromatic heterocycles. The summed E-state index contributed by atoms with van der Waals surface area (Å²) in [5.41, 5.74) is 0.0679. The number of benzene rings is 1. The van der Waals surface area contributed by atoms with Crippen molar-refractivity contribution in [2.45, 2.75) is 39.5 Å². The number of anilines is 1. The molecule has 2 aromatic rings. The molecule has 0 bridgehead atoms. The fourth-order valence-electron chi connectivity index (χ4n) is 3.01.